The number of aromatic nitrogens is 3. The van der Waals surface area contributed by atoms with Crippen molar-refractivity contribution < 1.29 is 4.74 Å². The van der Waals surface area contributed by atoms with Crippen molar-refractivity contribution in [3.63, 3.8) is 0 Å². The Hall–Kier alpha value is -2.48. The lowest BCUT2D eigenvalue weighted by atomic mass is 10.2. The Bertz CT molecular complexity index is 530. The van der Waals surface area contributed by atoms with Crippen LogP contribution in [-0.4, -0.2) is 22.3 Å². The summed E-state index contributed by atoms with van der Waals surface area (Å²) in [6.45, 7) is 0. The summed E-state index contributed by atoms with van der Waals surface area (Å²) in [5.41, 5.74) is 1.59. The third-order valence-corrected chi connectivity index (χ3v) is 1.98. The van der Waals surface area contributed by atoms with Gasteiger partial charge in [0.05, 0.1) is 12.8 Å². The molecule has 0 amide bonds. The summed E-state index contributed by atoms with van der Waals surface area (Å²) < 4.78 is 4.90. The summed E-state index contributed by atoms with van der Waals surface area (Å²) in [5, 5.41) is 16.5. The van der Waals surface area contributed by atoms with Crippen LogP contribution in [0.4, 0.5) is 0 Å². The maximum Gasteiger partial charge on any atom is 0.233 e. The van der Waals surface area contributed by atoms with E-state index >= 15 is 0 Å². The van der Waals surface area contributed by atoms with Gasteiger partial charge in [-0.05, 0) is 18.2 Å². The van der Waals surface area contributed by atoms with E-state index in [9.17, 15) is 0 Å². The summed E-state index contributed by atoms with van der Waals surface area (Å²) in [6, 6.07) is 10.6. The number of ether oxygens (including phenoxy) is 1. The smallest absolute Gasteiger partial charge is 0.233 e. The molecule has 2 heterocycles. The van der Waals surface area contributed by atoms with Crippen LogP contribution in [0.3, 0.4) is 0 Å². The highest BCUT2D eigenvalue weighted by Gasteiger charge is 2.03. The van der Waals surface area contributed by atoms with Crippen molar-refractivity contribution in [2.24, 2.45) is 0 Å². The minimum absolute atomic E-state index is 0.357. The molecular formula is C11H8N4O. The van der Waals surface area contributed by atoms with E-state index in [2.05, 4.69) is 15.2 Å². The Labute approximate surface area is 92.4 Å². The Balaban J connectivity index is 2.39. The highest BCUT2D eigenvalue weighted by molar-refractivity contribution is 5.54. The fraction of sp³-hybridized carbons (Fsp3) is 0.0909. The van der Waals surface area contributed by atoms with Gasteiger partial charge in [-0.1, -0.05) is 6.07 Å². The molecular weight excluding hydrogens is 204 g/mol. The van der Waals surface area contributed by atoms with Crippen LogP contribution in [0.1, 0.15) is 5.69 Å². The summed E-state index contributed by atoms with van der Waals surface area (Å²) in [7, 11) is 1.53. The molecule has 2 rings (SSSR count). The Morgan fingerprint density at radius 2 is 2.00 bits per heavy atom. The summed E-state index contributed by atoms with van der Waals surface area (Å²) in [4.78, 5) is 4.11. The van der Waals surface area contributed by atoms with Gasteiger partial charge < -0.3 is 4.74 Å². The zero-order valence-electron chi connectivity index (χ0n) is 8.58. The van der Waals surface area contributed by atoms with Gasteiger partial charge in [0.15, 0.2) is 0 Å². The highest BCUT2D eigenvalue weighted by Crippen LogP contribution is 2.15. The molecule has 0 bridgehead atoms. The van der Waals surface area contributed by atoms with Gasteiger partial charge in [-0.25, -0.2) is 4.98 Å². The average molecular weight is 212 g/mol. The van der Waals surface area contributed by atoms with Gasteiger partial charge in [0.25, 0.3) is 0 Å². The predicted molar refractivity (Wildman–Crippen MR) is 56.5 cm³/mol. The summed E-state index contributed by atoms with van der Waals surface area (Å²) in [5.74, 6) is 0.445. The molecule has 5 nitrogen and oxygen atoms in total. The molecule has 0 saturated carbocycles. The molecule has 16 heavy (non-hydrogen) atoms. The average Bonchev–Trinajstić information content (AvgIpc) is 2.39. The normalized spacial score (nSPS) is 9.50. The highest BCUT2D eigenvalue weighted by atomic mass is 16.5. The van der Waals surface area contributed by atoms with Gasteiger partial charge >= 0.3 is 0 Å². The van der Waals surface area contributed by atoms with Crippen LogP contribution in [0.2, 0.25) is 0 Å². The van der Waals surface area contributed by atoms with Crippen molar-refractivity contribution in [2.75, 3.05) is 7.11 Å². The molecule has 0 aromatic carbocycles. The quantitative estimate of drug-likeness (QED) is 0.752. The summed E-state index contributed by atoms with van der Waals surface area (Å²) in [6.07, 6.45) is 0. The van der Waals surface area contributed by atoms with E-state index in [0.29, 0.717) is 23.0 Å². The van der Waals surface area contributed by atoms with Crippen LogP contribution < -0.4 is 4.74 Å². The Kier molecular flexibility index (Phi) is 2.74. The molecule has 2 aromatic rings. The van der Waals surface area contributed by atoms with Gasteiger partial charge in [0.2, 0.25) is 5.88 Å². The third kappa shape index (κ3) is 1.96. The van der Waals surface area contributed by atoms with Gasteiger partial charge in [0, 0.05) is 6.07 Å². The molecule has 2 aromatic heterocycles. The largest absolute Gasteiger partial charge is 0.480 e. The van der Waals surface area contributed by atoms with Crippen molar-refractivity contribution in [1.82, 2.24) is 15.2 Å². The van der Waals surface area contributed by atoms with E-state index in [4.69, 9.17) is 10.00 Å². The van der Waals surface area contributed by atoms with Crippen LogP contribution >= 0.6 is 0 Å². The molecule has 0 radical (unpaired) electrons. The topological polar surface area (TPSA) is 71.7 Å². The van der Waals surface area contributed by atoms with E-state index in [0.717, 1.165) is 0 Å². The molecule has 0 unspecified atom stereocenters. The van der Waals surface area contributed by atoms with E-state index in [1.165, 1.54) is 7.11 Å². The Morgan fingerprint density at radius 1 is 1.12 bits per heavy atom. The number of methoxy groups -OCH3 is 1. The molecule has 0 N–H and O–H groups in total. The first-order valence-corrected chi connectivity index (χ1v) is 4.59. The standard InChI is InChI=1S/C11H8N4O/c1-16-11-6-5-10(14-15-11)9-4-2-3-8(7-12)13-9/h2-6H,1H3. The number of hydrogen-bond donors (Lipinski definition) is 0. The fourth-order valence-electron chi connectivity index (χ4n) is 1.21. The fourth-order valence-corrected chi connectivity index (χ4v) is 1.21. The van der Waals surface area contributed by atoms with Gasteiger partial charge in [0.1, 0.15) is 17.5 Å². The zero-order valence-corrected chi connectivity index (χ0v) is 8.58. The molecule has 5 heteroatoms. The van der Waals surface area contributed by atoms with Crippen LogP contribution in [0.25, 0.3) is 11.4 Å². The lowest BCUT2D eigenvalue weighted by molar-refractivity contribution is 0.392. The number of rotatable bonds is 2. The first-order valence-electron chi connectivity index (χ1n) is 4.59. The SMILES string of the molecule is COc1ccc(-c2cccc(C#N)n2)nn1. The van der Waals surface area contributed by atoms with E-state index < -0.39 is 0 Å². The molecule has 0 spiro atoms. The van der Waals surface area contributed by atoms with Gasteiger partial charge in [-0.15, -0.1) is 10.2 Å². The lowest BCUT2D eigenvalue weighted by Gasteiger charge is -2.00. The van der Waals surface area contributed by atoms with Crippen LogP contribution in [0, 0.1) is 11.3 Å². The van der Waals surface area contributed by atoms with E-state index in [1.54, 1.807) is 30.3 Å². The van der Waals surface area contributed by atoms with Gasteiger partial charge in [-0.2, -0.15) is 5.26 Å². The maximum atomic E-state index is 8.72. The monoisotopic (exact) mass is 212 g/mol. The van der Waals surface area contributed by atoms with Crippen molar-refractivity contribution in [2.45, 2.75) is 0 Å². The van der Waals surface area contributed by atoms with E-state index in [-0.39, 0.29) is 0 Å². The number of nitriles is 1. The maximum absolute atomic E-state index is 8.72. The van der Waals surface area contributed by atoms with Crippen molar-refractivity contribution in [1.29, 1.82) is 5.26 Å². The number of nitrogens with zero attached hydrogens (tertiary/aromatic N) is 4. The first-order chi connectivity index (χ1) is 7.83. The number of hydrogen-bond acceptors (Lipinski definition) is 5. The molecule has 0 aliphatic carbocycles. The van der Waals surface area contributed by atoms with Crippen LogP contribution in [0.5, 0.6) is 5.88 Å². The molecule has 78 valence electrons. The minimum atomic E-state index is 0.357. The van der Waals surface area contributed by atoms with E-state index in [1.807, 2.05) is 6.07 Å². The van der Waals surface area contributed by atoms with Gasteiger partial charge in [-0.3, -0.25) is 0 Å². The van der Waals surface area contributed by atoms with Crippen LogP contribution in [0.15, 0.2) is 30.3 Å². The second-order valence-electron chi connectivity index (χ2n) is 2.98. The second-order valence-corrected chi connectivity index (χ2v) is 2.98. The minimum Gasteiger partial charge on any atom is -0.480 e. The van der Waals surface area contributed by atoms with Crippen molar-refractivity contribution in [3.05, 3.63) is 36.0 Å². The van der Waals surface area contributed by atoms with Crippen LogP contribution in [-0.2, 0) is 0 Å². The molecule has 0 aliphatic heterocycles. The summed E-state index contributed by atoms with van der Waals surface area (Å²) >= 11 is 0. The molecule has 0 atom stereocenters. The second kappa shape index (κ2) is 4.36. The Morgan fingerprint density at radius 3 is 2.62 bits per heavy atom. The molecule has 0 saturated heterocycles. The lowest BCUT2D eigenvalue weighted by Crippen LogP contribution is -1.94. The van der Waals surface area contributed by atoms with Crippen molar-refractivity contribution >= 4 is 0 Å². The zero-order chi connectivity index (χ0) is 11.4. The molecule has 0 fully saturated rings. The van der Waals surface area contributed by atoms with Crippen molar-refractivity contribution in [3.8, 4) is 23.3 Å². The predicted octanol–water partition coefficient (Wildman–Crippen LogP) is 1.42. The molecule has 0 aliphatic rings. The third-order valence-electron chi connectivity index (χ3n) is 1.98. The first kappa shape index (κ1) is 10.1. The number of pyridine rings is 1.